The highest BCUT2D eigenvalue weighted by Crippen LogP contribution is 2.17. The zero-order valence-corrected chi connectivity index (χ0v) is 12.3. The van der Waals surface area contributed by atoms with Crippen LogP contribution in [0.3, 0.4) is 0 Å². The third kappa shape index (κ3) is 3.99. The monoisotopic (exact) mass is 287 g/mol. The lowest BCUT2D eigenvalue weighted by Gasteiger charge is -2.15. The number of nitrogens with zero attached hydrogens (tertiary/aromatic N) is 1. The molecule has 0 bridgehead atoms. The largest absolute Gasteiger partial charge is 0.331 e. The fourth-order valence-corrected chi connectivity index (χ4v) is 2.18. The molecule has 0 fully saturated rings. The van der Waals surface area contributed by atoms with E-state index in [1.807, 2.05) is 49.6 Å². The number of hydrogen-bond acceptors (Lipinski definition) is 3. The number of carbonyl (C=O) groups excluding carboxylic acids is 1. The van der Waals surface area contributed by atoms with Crippen LogP contribution in [0.2, 0.25) is 0 Å². The van der Waals surface area contributed by atoms with Gasteiger partial charge in [0.2, 0.25) is 0 Å². The van der Waals surface area contributed by atoms with Crippen molar-refractivity contribution >= 4 is 23.5 Å². The molecule has 2 N–H and O–H groups in total. The van der Waals surface area contributed by atoms with Crippen LogP contribution in [-0.2, 0) is 0 Å². The molecular weight excluding hydrogens is 270 g/mol. The molecular formula is C15H17N3OS. The van der Waals surface area contributed by atoms with Gasteiger partial charge in [-0.3, -0.25) is 4.98 Å². The second-order valence-corrected chi connectivity index (χ2v) is 5.21. The topological polar surface area (TPSA) is 54.0 Å². The zero-order valence-electron chi connectivity index (χ0n) is 11.5. The average molecular weight is 287 g/mol. The molecule has 0 aliphatic heterocycles. The van der Waals surface area contributed by atoms with Crippen LogP contribution < -0.4 is 10.6 Å². The number of nitrogens with one attached hydrogen (secondary N) is 2. The molecule has 1 heterocycles. The Kier molecular flexibility index (Phi) is 5.01. The Hall–Kier alpha value is -2.01. The number of urea groups is 1. The molecule has 104 valence electrons. The fourth-order valence-electron chi connectivity index (χ4n) is 1.77. The van der Waals surface area contributed by atoms with Gasteiger partial charge in [0.15, 0.2) is 0 Å². The van der Waals surface area contributed by atoms with E-state index in [-0.39, 0.29) is 12.1 Å². The van der Waals surface area contributed by atoms with Crippen molar-refractivity contribution in [3.8, 4) is 0 Å². The van der Waals surface area contributed by atoms with Gasteiger partial charge in [0.1, 0.15) is 0 Å². The van der Waals surface area contributed by atoms with Gasteiger partial charge in [-0.05, 0) is 55.1 Å². The molecule has 2 aromatic rings. The summed E-state index contributed by atoms with van der Waals surface area (Å²) in [5, 5.41) is 5.71. The van der Waals surface area contributed by atoms with Crippen LogP contribution in [0.1, 0.15) is 18.5 Å². The van der Waals surface area contributed by atoms with E-state index in [2.05, 4.69) is 15.6 Å². The highest BCUT2D eigenvalue weighted by Gasteiger charge is 2.09. The third-order valence-electron chi connectivity index (χ3n) is 2.90. The summed E-state index contributed by atoms with van der Waals surface area (Å²) >= 11 is 1.67. The van der Waals surface area contributed by atoms with E-state index in [0.717, 1.165) is 11.3 Å². The Labute approximate surface area is 123 Å². The SMILES string of the molecule is CSc1ccc(NC(=O)NC(C)c2ccncc2)cc1. The molecule has 0 aliphatic rings. The van der Waals surface area contributed by atoms with Gasteiger partial charge in [0.05, 0.1) is 6.04 Å². The van der Waals surface area contributed by atoms with Crippen LogP contribution in [0.15, 0.2) is 53.7 Å². The number of hydrogen-bond donors (Lipinski definition) is 2. The van der Waals surface area contributed by atoms with E-state index >= 15 is 0 Å². The molecule has 0 saturated carbocycles. The van der Waals surface area contributed by atoms with Gasteiger partial charge in [0.25, 0.3) is 0 Å². The first-order valence-electron chi connectivity index (χ1n) is 6.30. The number of amides is 2. The van der Waals surface area contributed by atoms with E-state index in [1.165, 1.54) is 4.90 Å². The van der Waals surface area contributed by atoms with Gasteiger partial charge in [-0.25, -0.2) is 4.79 Å². The lowest BCUT2D eigenvalue weighted by atomic mass is 10.1. The molecule has 0 spiro atoms. The fraction of sp³-hybridized carbons (Fsp3) is 0.200. The molecule has 4 nitrogen and oxygen atoms in total. The highest BCUT2D eigenvalue weighted by atomic mass is 32.2. The van der Waals surface area contributed by atoms with Crippen molar-refractivity contribution in [3.05, 3.63) is 54.4 Å². The molecule has 1 aromatic heterocycles. The standard InChI is InChI=1S/C15H17N3OS/c1-11(12-7-9-16-10-8-12)17-15(19)18-13-3-5-14(20-2)6-4-13/h3-11H,1-2H3,(H2,17,18,19). The number of rotatable bonds is 4. The van der Waals surface area contributed by atoms with Crippen LogP contribution in [0.25, 0.3) is 0 Å². The maximum atomic E-state index is 11.9. The number of aromatic nitrogens is 1. The van der Waals surface area contributed by atoms with Crippen molar-refractivity contribution in [2.75, 3.05) is 11.6 Å². The van der Waals surface area contributed by atoms with Crippen LogP contribution in [0, 0.1) is 0 Å². The van der Waals surface area contributed by atoms with Crippen molar-refractivity contribution in [2.24, 2.45) is 0 Å². The van der Waals surface area contributed by atoms with Crippen LogP contribution in [-0.4, -0.2) is 17.3 Å². The van der Waals surface area contributed by atoms with E-state index in [1.54, 1.807) is 24.2 Å². The summed E-state index contributed by atoms with van der Waals surface area (Å²) in [7, 11) is 0. The predicted octanol–water partition coefficient (Wildman–Crippen LogP) is 3.69. The van der Waals surface area contributed by atoms with Gasteiger partial charge >= 0.3 is 6.03 Å². The molecule has 5 heteroatoms. The van der Waals surface area contributed by atoms with Crippen LogP contribution in [0.5, 0.6) is 0 Å². The van der Waals surface area contributed by atoms with E-state index in [9.17, 15) is 4.79 Å². The number of pyridine rings is 1. The molecule has 1 unspecified atom stereocenters. The first-order valence-corrected chi connectivity index (χ1v) is 7.53. The molecule has 1 aromatic carbocycles. The van der Waals surface area contributed by atoms with Crippen molar-refractivity contribution in [3.63, 3.8) is 0 Å². The normalized spacial score (nSPS) is 11.7. The van der Waals surface area contributed by atoms with Crippen LogP contribution >= 0.6 is 11.8 Å². The first-order chi connectivity index (χ1) is 9.69. The molecule has 1 atom stereocenters. The van der Waals surface area contributed by atoms with E-state index in [4.69, 9.17) is 0 Å². The maximum absolute atomic E-state index is 11.9. The lowest BCUT2D eigenvalue weighted by Crippen LogP contribution is -2.31. The molecule has 2 rings (SSSR count). The van der Waals surface area contributed by atoms with Crippen LogP contribution in [0.4, 0.5) is 10.5 Å². The Morgan fingerprint density at radius 1 is 1.15 bits per heavy atom. The summed E-state index contributed by atoms with van der Waals surface area (Å²) in [6.07, 6.45) is 5.45. The second-order valence-electron chi connectivity index (χ2n) is 4.33. The summed E-state index contributed by atoms with van der Waals surface area (Å²) in [6.45, 7) is 1.94. The minimum Gasteiger partial charge on any atom is -0.331 e. The summed E-state index contributed by atoms with van der Waals surface area (Å²) in [5.41, 5.74) is 1.80. The van der Waals surface area contributed by atoms with Crippen molar-refractivity contribution in [1.82, 2.24) is 10.3 Å². The molecule has 20 heavy (non-hydrogen) atoms. The Balaban J connectivity index is 1.91. The van der Waals surface area contributed by atoms with Crippen molar-refractivity contribution < 1.29 is 4.79 Å². The van der Waals surface area contributed by atoms with Gasteiger partial charge in [-0.15, -0.1) is 11.8 Å². The summed E-state index contributed by atoms with van der Waals surface area (Å²) in [6, 6.07) is 11.2. The first kappa shape index (κ1) is 14.4. The van der Waals surface area contributed by atoms with E-state index < -0.39 is 0 Å². The lowest BCUT2D eigenvalue weighted by molar-refractivity contribution is 0.249. The molecule has 0 aliphatic carbocycles. The van der Waals surface area contributed by atoms with Crippen molar-refractivity contribution in [2.45, 2.75) is 17.9 Å². The predicted molar refractivity (Wildman–Crippen MR) is 83.0 cm³/mol. The average Bonchev–Trinajstić information content (AvgIpc) is 2.49. The number of thioether (sulfide) groups is 1. The van der Waals surface area contributed by atoms with E-state index in [0.29, 0.717) is 0 Å². The third-order valence-corrected chi connectivity index (χ3v) is 3.65. The van der Waals surface area contributed by atoms with Gasteiger partial charge < -0.3 is 10.6 Å². The Morgan fingerprint density at radius 3 is 2.40 bits per heavy atom. The quantitative estimate of drug-likeness (QED) is 0.843. The maximum Gasteiger partial charge on any atom is 0.319 e. The summed E-state index contributed by atoms with van der Waals surface area (Å²) < 4.78 is 0. The molecule has 0 radical (unpaired) electrons. The zero-order chi connectivity index (χ0) is 14.4. The number of anilines is 1. The smallest absolute Gasteiger partial charge is 0.319 e. The number of carbonyl (C=O) groups is 1. The van der Waals surface area contributed by atoms with Gasteiger partial charge in [-0.2, -0.15) is 0 Å². The highest BCUT2D eigenvalue weighted by molar-refractivity contribution is 7.98. The minimum atomic E-state index is -0.216. The second kappa shape index (κ2) is 6.96. The van der Waals surface area contributed by atoms with Gasteiger partial charge in [0, 0.05) is 23.0 Å². The number of benzene rings is 1. The minimum absolute atomic E-state index is 0.0662. The molecule has 0 saturated heterocycles. The van der Waals surface area contributed by atoms with Crippen molar-refractivity contribution in [1.29, 1.82) is 0 Å². The molecule has 2 amide bonds. The Bertz CT molecular complexity index is 557. The summed E-state index contributed by atoms with van der Waals surface area (Å²) in [4.78, 5) is 17.0. The Morgan fingerprint density at radius 2 is 1.80 bits per heavy atom. The summed E-state index contributed by atoms with van der Waals surface area (Å²) in [5.74, 6) is 0. The van der Waals surface area contributed by atoms with Gasteiger partial charge in [-0.1, -0.05) is 0 Å².